The lowest BCUT2D eigenvalue weighted by Crippen LogP contribution is -1.88. The number of hydrogen-bond acceptors (Lipinski definition) is 1. The fourth-order valence-electron chi connectivity index (χ4n) is 1.27. The van der Waals surface area contributed by atoms with E-state index in [4.69, 9.17) is 11.6 Å². The van der Waals surface area contributed by atoms with Crippen molar-refractivity contribution in [2.45, 2.75) is 0 Å². The molecule has 80 valence electrons. The van der Waals surface area contributed by atoms with E-state index in [-0.39, 0.29) is 5.82 Å². The van der Waals surface area contributed by atoms with Crippen molar-refractivity contribution < 1.29 is 4.39 Å². The van der Waals surface area contributed by atoms with Gasteiger partial charge in [0.05, 0.1) is 5.69 Å². The van der Waals surface area contributed by atoms with Crippen LogP contribution in [0, 0.1) is 5.82 Å². The highest BCUT2D eigenvalue weighted by Crippen LogP contribution is 2.16. The van der Waals surface area contributed by atoms with Crippen molar-refractivity contribution in [3.63, 3.8) is 0 Å². The van der Waals surface area contributed by atoms with Crippen molar-refractivity contribution >= 4 is 22.5 Å². The zero-order valence-electron chi connectivity index (χ0n) is 8.40. The molecule has 0 N–H and O–H groups in total. The summed E-state index contributed by atoms with van der Waals surface area (Å²) in [6, 6.07) is 15.3. The molecule has 2 rings (SSSR count). The normalized spacial score (nSPS) is 11.5. The molecule has 16 heavy (non-hydrogen) atoms. The van der Waals surface area contributed by atoms with E-state index in [1.807, 2.05) is 30.3 Å². The van der Waals surface area contributed by atoms with Crippen LogP contribution in [-0.4, -0.2) is 5.17 Å². The SMILES string of the molecule is Fc1ccc(N=C(Cl)c2ccccc2)cc1. The summed E-state index contributed by atoms with van der Waals surface area (Å²) < 4.78 is 12.7. The monoisotopic (exact) mass is 233 g/mol. The molecule has 0 amide bonds. The fourth-order valence-corrected chi connectivity index (χ4v) is 1.49. The zero-order chi connectivity index (χ0) is 11.4. The summed E-state index contributed by atoms with van der Waals surface area (Å²) in [7, 11) is 0. The number of nitrogens with zero attached hydrogens (tertiary/aromatic N) is 1. The predicted octanol–water partition coefficient (Wildman–Crippen LogP) is 4.14. The first-order chi connectivity index (χ1) is 7.75. The van der Waals surface area contributed by atoms with Gasteiger partial charge in [-0.15, -0.1) is 0 Å². The van der Waals surface area contributed by atoms with Gasteiger partial charge in [0.15, 0.2) is 0 Å². The van der Waals surface area contributed by atoms with Crippen molar-refractivity contribution in [1.29, 1.82) is 0 Å². The Bertz CT molecular complexity index is 491. The first-order valence-corrected chi connectivity index (χ1v) is 5.19. The van der Waals surface area contributed by atoms with Crippen LogP contribution >= 0.6 is 11.6 Å². The van der Waals surface area contributed by atoms with Crippen molar-refractivity contribution in [2.24, 2.45) is 4.99 Å². The Morgan fingerprint density at radius 2 is 1.56 bits per heavy atom. The second-order valence-corrected chi connectivity index (χ2v) is 3.60. The largest absolute Gasteiger partial charge is 0.236 e. The van der Waals surface area contributed by atoms with Crippen LogP contribution < -0.4 is 0 Å². The lowest BCUT2D eigenvalue weighted by molar-refractivity contribution is 0.628. The summed E-state index contributed by atoms with van der Waals surface area (Å²) in [5.74, 6) is -0.283. The van der Waals surface area contributed by atoms with Crippen LogP contribution in [0.2, 0.25) is 0 Å². The average Bonchev–Trinajstić information content (AvgIpc) is 2.33. The predicted molar refractivity (Wildman–Crippen MR) is 64.9 cm³/mol. The summed E-state index contributed by atoms with van der Waals surface area (Å²) in [4.78, 5) is 4.19. The highest BCUT2D eigenvalue weighted by Gasteiger charge is 1.98. The molecule has 0 spiro atoms. The minimum Gasteiger partial charge on any atom is -0.236 e. The van der Waals surface area contributed by atoms with Gasteiger partial charge in [-0.2, -0.15) is 0 Å². The molecule has 0 fully saturated rings. The lowest BCUT2D eigenvalue weighted by atomic mass is 10.2. The molecule has 1 nitrogen and oxygen atoms in total. The van der Waals surface area contributed by atoms with Crippen LogP contribution in [-0.2, 0) is 0 Å². The van der Waals surface area contributed by atoms with Gasteiger partial charge in [0.1, 0.15) is 11.0 Å². The van der Waals surface area contributed by atoms with Gasteiger partial charge in [0.25, 0.3) is 0 Å². The van der Waals surface area contributed by atoms with E-state index in [0.29, 0.717) is 10.9 Å². The van der Waals surface area contributed by atoms with Gasteiger partial charge in [-0.05, 0) is 24.3 Å². The average molecular weight is 234 g/mol. The minimum absolute atomic E-state index is 0.283. The van der Waals surface area contributed by atoms with Crippen molar-refractivity contribution in [3.8, 4) is 0 Å². The standard InChI is InChI=1S/C13H9ClFN/c14-13(10-4-2-1-3-5-10)16-12-8-6-11(15)7-9-12/h1-9H. The maximum absolute atomic E-state index is 12.7. The summed E-state index contributed by atoms with van der Waals surface area (Å²) in [6.45, 7) is 0. The molecule has 0 aliphatic heterocycles. The second kappa shape index (κ2) is 4.90. The van der Waals surface area contributed by atoms with E-state index in [1.54, 1.807) is 12.1 Å². The van der Waals surface area contributed by atoms with Crippen molar-refractivity contribution in [2.75, 3.05) is 0 Å². The van der Waals surface area contributed by atoms with E-state index < -0.39 is 0 Å². The van der Waals surface area contributed by atoms with Crippen LogP contribution in [0.3, 0.4) is 0 Å². The molecular formula is C13H9ClFN. The summed E-state index contributed by atoms with van der Waals surface area (Å²) in [6.07, 6.45) is 0. The van der Waals surface area contributed by atoms with Gasteiger partial charge in [0.2, 0.25) is 0 Å². The third kappa shape index (κ3) is 2.67. The Balaban J connectivity index is 2.28. The molecule has 0 unspecified atom stereocenters. The van der Waals surface area contributed by atoms with Gasteiger partial charge in [0, 0.05) is 5.56 Å². The van der Waals surface area contributed by atoms with Crippen LogP contribution in [0.4, 0.5) is 10.1 Å². The fraction of sp³-hybridized carbons (Fsp3) is 0. The second-order valence-electron chi connectivity index (χ2n) is 3.25. The molecule has 0 heterocycles. The van der Waals surface area contributed by atoms with Crippen LogP contribution in [0.25, 0.3) is 0 Å². The first kappa shape index (κ1) is 10.8. The van der Waals surface area contributed by atoms with Crippen LogP contribution in [0.15, 0.2) is 59.6 Å². The number of rotatable bonds is 2. The molecule has 0 radical (unpaired) electrons. The molecule has 0 aliphatic carbocycles. The highest BCUT2D eigenvalue weighted by atomic mass is 35.5. The highest BCUT2D eigenvalue weighted by molar-refractivity contribution is 6.69. The Kier molecular flexibility index (Phi) is 3.32. The Morgan fingerprint density at radius 3 is 2.19 bits per heavy atom. The quantitative estimate of drug-likeness (QED) is 0.692. The number of halogens is 2. The number of benzene rings is 2. The minimum atomic E-state index is -0.283. The summed E-state index contributed by atoms with van der Waals surface area (Å²) in [5.41, 5.74) is 1.48. The summed E-state index contributed by atoms with van der Waals surface area (Å²) >= 11 is 6.04. The van der Waals surface area contributed by atoms with E-state index in [0.717, 1.165) is 5.56 Å². The van der Waals surface area contributed by atoms with E-state index in [9.17, 15) is 4.39 Å². The van der Waals surface area contributed by atoms with Crippen LogP contribution in [0.5, 0.6) is 0 Å². The van der Waals surface area contributed by atoms with Crippen molar-refractivity contribution in [1.82, 2.24) is 0 Å². The smallest absolute Gasteiger partial charge is 0.136 e. The topological polar surface area (TPSA) is 12.4 Å². The number of aliphatic imine (C=N–C) groups is 1. The first-order valence-electron chi connectivity index (χ1n) is 4.81. The molecule has 0 saturated heterocycles. The Hall–Kier alpha value is -1.67. The molecule has 0 saturated carbocycles. The van der Waals surface area contributed by atoms with E-state index >= 15 is 0 Å². The molecule has 2 aromatic rings. The van der Waals surface area contributed by atoms with Gasteiger partial charge in [-0.3, -0.25) is 0 Å². The maximum Gasteiger partial charge on any atom is 0.136 e. The third-order valence-corrected chi connectivity index (χ3v) is 2.37. The molecule has 0 atom stereocenters. The summed E-state index contributed by atoms with van der Waals surface area (Å²) in [5, 5.41) is 0.396. The zero-order valence-corrected chi connectivity index (χ0v) is 9.16. The van der Waals surface area contributed by atoms with E-state index in [1.165, 1.54) is 12.1 Å². The maximum atomic E-state index is 12.7. The molecule has 0 bridgehead atoms. The molecule has 0 aliphatic rings. The van der Waals surface area contributed by atoms with Crippen molar-refractivity contribution in [3.05, 3.63) is 66.0 Å². The van der Waals surface area contributed by atoms with Gasteiger partial charge in [-0.25, -0.2) is 9.38 Å². The van der Waals surface area contributed by atoms with Gasteiger partial charge >= 0.3 is 0 Å². The van der Waals surface area contributed by atoms with Gasteiger partial charge in [-0.1, -0.05) is 41.9 Å². The molecular weight excluding hydrogens is 225 g/mol. The third-order valence-electron chi connectivity index (χ3n) is 2.07. The van der Waals surface area contributed by atoms with E-state index in [2.05, 4.69) is 4.99 Å². The lowest BCUT2D eigenvalue weighted by Gasteiger charge is -1.98. The Labute approximate surface area is 98.2 Å². The molecule has 2 aromatic carbocycles. The van der Waals surface area contributed by atoms with Crippen LogP contribution in [0.1, 0.15) is 5.56 Å². The molecule has 3 heteroatoms. The Morgan fingerprint density at radius 1 is 0.938 bits per heavy atom. The van der Waals surface area contributed by atoms with Gasteiger partial charge < -0.3 is 0 Å². The molecule has 0 aromatic heterocycles. The number of hydrogen-bond donors (Lipinski definition) is 0.